The van der Waals surface area contributed by atoms with Crippen LogP contribution in [0.2, 0.25) is 0 Å². The molecule has 178 valence electrons. The van der Waals surface area contributed by atoms with E-state index >= 15 is 0 Å². The SMILES string of the molecule is CC(C)NC(=O)Nc1ccc(-c2c(N)c3ccc(C(=O)N4CCCC4)cc3n2C2CCC2)cc1. The zero-order valence-corrected chi connectivity index (χ0v) is 19.9. The second-order valence-corrected chi connectivity index (χ2v) is 9.78. The van der Waals surface area contributed by atoms with Gasteiger partial charge in [0.1, 0.15) is 0 Å². The van der Waals surface area contributed by atoms with E-state index in [-0.39, 0.29) is 18.0 Å². The number of nitrogen functional groups attached to an aromatic ring is 1. The average molecular weight is 460 g/mol. The second kappa shape index (κ2) is 9.05. The molecule has 0 spiro atoms. The van der Waals surface area contributed by atoms with Crippen molar-refractivity contribution in [2.75, 3.05) is 24.1 Å². The van der Waals surface area contributed by atoms with E-state index in [4.69, 9.17) is 5.73 Å². The molecule has 0 radical (unpaired) electrons. The van der Waals surface area contributed by atoms with Crippen molar-refractivity contribution in [2.45, 2.75) is 58.0 Å². The number of carbonyl (C=O) groups is 2. The monoisotopic (exact) mass is 459 g/mol. The summed E-state index contributed by atoms with van der Waals surface area (Å²) in [6, 6.07) is 14.0. The van der Waals surface area contributed by atoms with E-state index in [2.05, 4.69) is 15.2 Å². The maximum absolute atomic E-state index is 13.1. The lowest BCUT2D eigenvalue weighted by molar-refractivity contribution is 0.0793. The largest absolute Gasteiger partial charge is 0.396 e. The molecular formula is C27H33N5O2. The molecule has 2 aliphatic rings. The number of rotatable bonds is 5. The molecule has 3 amide bonds. The van der Waals surface area contributed by atoms with Gasteiger partial charge in [-0.1, -0.05) is 12.1 Å². The van der Waals surface area contributed by atoms with Crippen LogP contribution < -0.4 is 16.4 Å². The van der Waals surface area contributed by atoms with Crippen LogP contribution >= 0.6 is 0 Å². The summed E-state index contributed by atoms with van der Waals surface area (Å²) < 4.78 is 2.34. The van der Waals surface area contributed by atoms with Gasteiger partial charge in [0.25, 0.3) is 5.91 Å². The van der Waals surface area contributed by atoms with Crippen LogP contribution in [0.5, 0.6) is 0 Å². The van der Waals surface area contributed by atoms with Gasteiger partial charge in [0, 0.05) is 47.4 Å². The Bertz CT molecular complexity index is 1220. The van der Waals surface area contributed by atoms with E-state index in [1.807, 2.05) is 61.2 Å². The number of nitrogens with two attached hydrogens (primary N) is 1. The fraction of sp³-hybridized carbons (Fsp3) is 0.407. The fourth-order valence-corrected chi connectivity index (χ4v) is 5.03. The van der Waals surface area contributed by atoms with Crippen molar-refractivity contribution in [1.29, 1.82) is 0 Å². The topological polar surface area (TPSA) is 92.4 Å². The Morgan fingerprint density at radius 3 is 2.32 bits per heavy atom. The summed E-state index contributed by atoms with van der Waals surface area (Å²) in [5.74, 6) is 0.107. The molecule has 7 nitrogen and oxygen atoms in total. The smallest absolute Gasteiger partial charge is 0.319 e. The standard InChI is InChI=1S/C27H33N5O2/c1-17(2)29-27(34)30-20-11-8-18(9-12-20)25-24(28)22-13-10-19(26(33)31-14-3-4-15-31)16-23(22)32(25)21-6-5-7-21/h8-13,16-17,21H,3-7,14-15,28H2,1-2H3,(H2,29,30,34). The number of likely N-dealkylation sites (tertiary alicyclic amines) is 1. The number of carbonyl (C=O) groups excluding carboxylic acids is 2. The minimum absolute atomic E-state index is 0.0690. The summed E-state index contributed by atoms with van der Waals surface area (Å²) in [5.41, 5.74) is 11.9. The van der Waals surface area contributed by atoms with Gasteiger partial charge in [-0.05, 0) is 76.3 Å². The molecule has 1 aromatic heterocycles. The van der Waals surface area contributed by atoms with Crippen LogP contribution in [-0.4, -0.2) is 40.5 Å². The Morgan fingerprint density at radius 1 is 1.00 bits per heavy atom. The summed E-state index contributed by atoms with van der Waals surface area (Å²) >= 11 is 0. The molecule has 0 atom stereocenters. The first-order valence-corrected chi connectivity index (χ1v) is 12.3. The number of amides is 3. The first-order valence-electron chi connectivity index (χ1n) is 12.3. The van der Waals surface area contributed by atoms with Gasteiger partial charge in [-0.15, -0.1) is 0 Å². The van der Waals surface area contributed by atoms with E-state index in [1.54, 1.807) is 0 Å². The van der Waals surface area contributed by atoms with Gasteiger partial charge in [0.2, 0.25) is 0 Å². The molecule has 0 unspecified atom stereocenters. The summed E-state index contributed by atoms with van der Waals surface area (Å²) in [5, 5.41) is 6.69. The highest BCUT2D eigenvalue weighted by Crippen LogP contribution is 2.44. The number of nitrogens with zero attached hydrogens (tertiary/aromatic N) is 2. The highest BCUT2D eigenvalue weighted by molar-refractivity contribution is 6.05. The minimum Gasteiger partial charge on any atom is -0.396 e. The lowest BCUT2D eigenvalue weighted by atomic mass is 9.92. The Morgan fingerprint density at radius 2 is 1.71 bits per heavy atom. The molecule has 5 rings (SSSR count). The lowest BCUT2D eigenvalue weighted by Crippen LogP contribution is -2.34. The first-order chi connectivity index (χ1) is 16.4. The Kier molecular flexibility index (Phi) is 5.94. The van der Waals surface area contributed by atoms with Gasteiger partial charge < -0.3 is 25.8 Å². The molecule has 0 bridgehead atoms. The normalized spacial score (nSPS) is 16.1. The number of urea groups is 1. The number of hydrogen-bond acceptors (Lipinski definition) is 3. The van der Waals surface area contributed by atoms with Crippen molar-refractivity contribution in [2.24, 2.45) is 0 Å². The van der Waals surface area contributed by atoms with Crippen molar-refractivity contribution < 1.29 is 9.59 Å². The van der Waals surface area contributed by atoms with Gasteiger partial charge >= 0.3 is 6.03 Å². The Labute approximate surface area is 200 Å². The molecule has 2 heterocycles. The fourth-order valence-electron chi connectivity index (χ4n) is 5.03. The zero-order valence-electron chi connectivity index (χ0n) is 19.9. The maximum atomic E-state index is 13.1. The van der Waals surface area contributed by atoms with Crippen molar-refractivity contribution in [3.05, 3.63) is 48.0 Å². The molecule has 1 aliphatic carbocycles. The van der Waals surface area contributed by atoms with Crippen LogP contribution in [-0.2, 0) is 0 Å². The van der Waals surface area contributed by atoms with Crippen molar-refractivity contribution in [1.82, 2.24) is 14.8 Å². The van der Waals surface area contributed by atoms with Gasteiger partial charge in [-0.2, -0.15) is 0 Å². The Balaban J connectivity index is 1.52. The molecule has 3 aromatic rings. The quantitative estimate of drug-likeness (QED) is 0.478. The molecular weight excluding hydrogens is 426 g/mol. The number of aromatic nitrogens is 1. The van der Waals surface area contributed by atoms with Crippen LogP contribution in [0, 0.1) is 0 Å². The van der Waals surface area contributed by atoms with Crippen LogP contribution in [0.15, 0.2) is 42.5 Å². The summed E-state index contributed by atoms with van der Waals surface area (Å²) in [4.78, 5) is 27.0. The number of hydrogen-bond donors (Lipinski definition) is 3. The molecule has 1 saturated carbocycles. The van der Waals surface area contributed by atoms with Crippen LogP contribution in [0.1, 0.15) is 62.4 Å². The summed E-state index contributed by atoms with van der Waals surface area (Å²) in [6.07, 6.45) is 5.57. The van der Waals surface area contributed by atoms with E-state index in [0.29, 0.717) is 6.04 Å². The highest BCUT2D eigenvalue weighted by atomic mass is 16.2. The second-order valence-electron chi connectivity index (χ2n) is 9.78. The molecule has 7 heteroatoms. The number of nitrogens with one attached hydrogen (secondary N) is 2. The van der Waals surface area contributed by atoms with E-state index in [0.717, 1.165) is 77.9 Å². The molecule has 4 N–H and O–H groups in total. The third-order valence-corrected chi connectivity index (χ3v) is 6.96. The van der Waals surface area contributed by atoms with Crippen molar-refractivity contribution in [3.8, 4) is 11.3 Å². The first kappa shape index (κ1) is 22.3. The van der Waals surface area contributed by atoms with E-state index in [9.17, 15) is 9.59 Å². The summed E-state index contributed by atoms with van der Waals surface area (Å²) in [7, 11) is 0. The van der Waals surface area contributed by atoms with Gasteiger partial charge in [0.15, 0.2) is 0 Å². The number of fused-ring (bicyclic) bond motifs is 1. The predicted octanol–water partition coefficient (Wildman–Crippen LogP) is 5.38. The molecule has 2 fully saturated rings. The van der Waals surface area contributed by atoms with Crippen LogP contribution in [0.3, 0.4) is 0 Å². The molecule has 34 heavy (non-hydrogen) atoms. The number of anilines is 2. The third-order valence-electron chi connectivity index (χ3n) is 6.96. The van der Waals surface area contributed by atoms with Crippen LogP contribution in [0.4, 0.5) is 16.2 Å². The molecule has 1 aliphatic heterocycles. The average Bonchev–Trinajstić information content (AvgIpc) is 3.40. The van der Waals surface area contributed by atoms with Crippen LogP contribution in [0.25, 0.3) is 22.2 Å². The highest BCUT2D eigenvalue weighted by Gasteiger charge is 2.28. The van der Waals surface area contributed by atoms with E-state index < -0.39 is 0 Å². The third kappa shape index (κ3) is 4.11. The number of benzene rings is 2. The maximum Gasteiger partial charge on any atom is 0.319 e. The minimum atomic E-state index is -0.221. The van der Waals surface area contributed by atoms with Crippen molar-refractivity contribution >= 4 is 34.2 Å². The Hall–Kier alpha value is -3.48. The molecule has 1 saturated heterocycles. The van der Waals surface area contributed by atoms with E-state index in [1.165, 1.54) is 6.42 Å². The lowest BCUT2D eigenvalue weighted by Gasteiger charge is -2.30. The zero-order chi connectivity index (χ0) is 23.8. The van der Waals surface area contributed by atoms with Gasteiger partial charge in [-0.25, -0.2) is 4.79 Å². The molecule has 2 aromatic carbocycles. The van der Waals surface area contributed by atoms with Gasteiger partial charge in [-0.3, -0.25) is 4.79 Å². The predicted molar refractivity (Wildman–Crippen MR) is 137 cm³/mol. The van der Waals surface area contributed by atoms with Crippen molar-refractivity contribution in [3.63, 3.8) is 0 Å². The summed E-state index contributed by atoms with van der Waals surface area (Å²) in [6.45, 7) is 5.52. The van der Waals surface area contributed by atoms with Gasteiger partial charge in [0.05, 0.1) is 16.9 Å².